The van der Waals surface area contributed by atoms with Gasteiger partial charge in [0.2, 0.25) is 0 Å². The molecule has 3 heteroatoms. The van der Waals surface area contributed by atoms with E-state index in [-0.39, 0.29) is 5.92 Å². The van der Waals surface area contributed by atoms with Crippen molar-refractivity contribution < 1.29 is 9.53 Å². The fourth-order valence-electron chi connectivity index (χ4n) is 2.70. The lowest BCUT2D eigenvalue weighted by atomic mass is 9.95. The second-order valence-corrected chi connectivity index (χ2v) is 6.01. The molecule has 0 bridgehead atoms. The maximum atomic E-state index is 11.4. The summed E-state index contributed by atoms with van der Waals surface area (Å²) in [6.07, 6.45) is 1.73. The number of ether oxygens (including phenoxy) is 1. The molecule has 2 rings (SSSR count). The summed E-state index contributed by atoms with van der Waals surface area (Å²) in [6, 6.07) is 16.3. The Morgan fingerprint density at radius 2 is 1.87 bits per heavy atom. The monoisotopic (exact) mass is 311 g/mol. The van der Waals surface area contributed by atoms with Gasteiger partial charge < -0.3 is 14.4 Å². The number of carbonyl (C=O) groups is 1. The number of rotatable bonds is 8. The SMILES string of the molecule is Cc1cc(C(C=O)CCOCc2ccccc2)ccc1N(C)C. The van der Waals surface area contributed by atoms with Gasteiger partial charge in [-0.1, -0.05) is 42.5 Å². The molecule has 0 radical (unpaired) electrons. The first-order chi connectivity index (χ1) is 11.1. The Morgan fingerprint density at radius 1 is 1.13 bits per heavy atom. The predicted molar refractivity (Wildman–Crippen MR) is 95.0 cm³/mol. The van der Waals surface area contributed by atoms with Gasteiger partial charge in [0.25, 0.3) is 0 Å². The summed E-state index contributed by atoms with van der Waals surface area (Å²) < 4.78 is 5.70. The molecule has 0 spiro atoms. The Kier molecular flexibility index (Phi) is 6.36. The topological polar surface area (TPSA) is 29.5 Å². The Labute approximate surface area is 138 Å². The zero-order chi connectivity index (χ0) is 16.7. The van der Waals surface area contributed by atoms with Crippen LogP contribution in [0.25, 0.3) is 0 Å². The van der Waals surface area contributed by atoms with E-state index in [4.69, 9.17) is 4.74 Å². The molecular formula is C20H25NO2. The zero-order valence-electron chi connectivity index (χ0n) is 14.2. The molecule has 0 aliphatic rings. The van der Waals surface area contributed by atoms with Crippen molar-refractivity contribution in [3.05, 3.63) is 65.2 Å². The van der Waals surface area contributed by atoms with Crippen molar-refractivity contribution in [1.82, 2.24) is 0 Å². The van der Waals surface area contributed by atoms with Crippen molar-refractivity contribution in [2.24, 2.45) is 0 Å². The molecule has 0 heterocycles. The van der Waals surface area contributed by atoms with Gasteiger partial charge in [-0.2, -0.15) is 0 Å². The van der Waals surface area contributed by atoms with Gasteiger partial charge in [-0.25, -0.2) is 0 Å². The van der Waals surface area contributed by atoms with Gasteiger partial charge in [0.05, 0.1) is 6.61 Å². The largest absolute Gasteiger partial charge is 0.377 e. The summed E-state index contributed by atoms with van der Waals surface area (Å²) >= 11 is 0. The van der Waals surface area contributed by atoms with Crippen LogP contribution in [0.5, 0.6) is 0 Å². The van der Waals surface area contributed by atoms with Crippen LogP contribution in [0.2, 0.25) is 0 Å². The second-order valence-electron chi connectivity index (χ2n) is 6.01. The first-order valence-electron chi connectivity index (χ1n) is 7.96. The highest BCUT2D eigenvalue weighted by molar-refractivity contribution is 5.64. The highest BCUT2D eigenvalue weighted by Gasteiger charge is 2.12. The molecule has 1 atom stereocenters. The van der Waals surface area contributed by atoms with Gasteiger partial charge in [0, 0.05) is 32.3 Å². The van der Waals surface area contributed by atoms with Crippen molar-refractivity contribution in [2.45, 2.75) is 25.9 Å². The van der Waals surface area contributed by atoms with Crippen LogP contribution in [0.15, 0.2) is 48.5 Å². The van der Waals surface area contributed by atoms with Crippen molar-refractivity contribution >= 4 is 12.0 Å². The minimum absolute atomic E-state index is 0.110. The first kappa shape index (κ1) is 17.2. The standard InChI is InChI=1S/C20H25NO2/c1-16-13-18(9-10-20(16)21(2)3)19(14-22)11-12-23-15-17-7-5-4-6-8-17/h4-10,13-14,19H,11-12,15H2,1-3H3. The Bertz CT molecular complexity index is 623. The average molecular weight is 311 g/mol. The van der Waals surface area contributed by atoms with Gasteiger partial charge in [0.1, 0.15) is 6.29 Å². The highest BCUT2D eigenvalue weighted by atomic mass is 16.5. The lowest BCUT2D eigenvalue weighted by Crippen LogP contribution is -2.11. The molecule has 3 nitrogen and oxygen atoms in total. The van der Waals surface area contributed by atoms with Gasteiger partial charge in [-0.3, -0.25) is 0 Å². The summed E-state index contributed by atoms with van der Waals surface area (Å²) in [6.45, 7) is 3.24. The van der Waals surface area contributed by atoms with Gasteiger partial charge in [-0.15, -0.1) is 0 Å². The van der Waals surface area contributed by atoms with Gasteiger partial charge >= 0.3 is 0 Å². The third-order valence-electron chi connectivity index (χ3n) is 3.98. The third kappa shape index (κ3) is 4.93. The third-order valence-corrected chi connectivity index (χ3v) is 3.98. The highest BCUT2D eigenvalue weighted by Crippen LogP contribution is 2.25. The summed E-state index contributed by atoms with van der Waals surface area (Å²) in [5, 5.41) is 0. The number of aryl methyl sites for hydroxylation is 1. The summed E-state index contributed by atoms with van der Waals surface area (Å²) in [5.41, 5.74) is 4.58. The van der Waals surface area contributed by atoms with Gasteiger partial charge in [0.15, 0.2) is 0 Å². The van der Waals surface area contributed by atoms with Crippen LogP contribution in [0.3, 0.4) is 0 Å². The van der Waals surface area contributed by atoms with E-state index in [1.54, 1.807) is 0 Å². The number of aldehydes is 1. The summed E-state index contributed by atoms with van der Waals surface area (Å²) in [5.74, 6) is -0.110. The number of anilines is 1. The van der Waals surface area contributed by atoms with E-state index in [0.717, 1.165) is 17.4 Å². The molecule has 23 heavy (non-hydrogen) atoms. The van der Waals surface area contributed by atoms with Crippen molar-refractivity contribution in [3.63, 3.8) is 0 Å². The van der Waals surface area contributed by atoms with E-state index in [9.17, 15) is 4.79 Å². The van der Waals surface area contributed by atoms with Gasteiger partial charge in [-0.05, 0) is 36.1 Å². The number of hydrogen-bond donors (Lipinski definition) is 0. The summed E-state index contributed by atoms with van der Waals surface area (Å²) in [7, 11) is 4.05. The van der Waals surface area contributed by atoms with Crippen molar-refractivity contribution in [2.75, 3.05) is 25.6 Å². The zero-order valence-corrected chi connectivity index (χ0v) is 14.2. The Hall–Kier alpha value is -2.13. The van der Waals surface area contributed by atoms with E-state index in [1.807, 2.05) is 50.5 Å². The maximum Gasteiger partial charge on any atom is 0.127 e. The van der Waals surface area contributed by atoms with E-state index in [1.165, 1.54) is 11.3 Å². The molecule has 0 saturated carbocycles. The molecule has 122 valence electrons. The Balaban J connectivity index is 1.90. The molecule has 0 saturated heterocycles. The number of nitrogens with zero attached hydrogens (tertiary/aromatic N) is 1. The van der Waals surface area contributed by atoms with Crippen LogP contribution in [0.1, 0.15) is 29.0 Å². The molecule has 2 aromatic rings. The molecule has 0 aliphatic heterocycles. The van der Waals surface area contributed by atoms with Crippen LogP contribution < -0.4 is 4.90 Å². The average Bonchev–Trinajstić information content (AvgIpc) is 2.55. The molecule has 0 aromatic heterocycles. The van der Waals surface area contributed by atoms with E-state index in [0.29, 0.717) is 19.6 Å². The van der Waals surface area contributed by atoms with E-state index >= 15 is 0 Å². The Morgan fingerprint density at radius 3 is 2.48 bits per heavy atom. The molecule has 1 unspecified atom stereocenters. The molecule has 2 aromatic carbocycles. The minimum atomic E-state index is -0.110. The first-order valence-corrected chi connectivity index (χ1v) is 7.96. The van der Waals surface area contributed by atoms with Crippen LogP contribution >= 0.6 is 0 Å². The fraction of sp³-hybridized carbons (Fsp3) is 0.350. The number of hydrogen-bond acceptors (Lipinski definition) is 3. The van der Waals surface area contributed by atoms with Crippen LogP contribution in [-0.2, 0) is 16.1 Å². The molecule has 0 aliphatic carbocycles. The molecular weight excluding hydrogens is 286 g/mol. The normalized spacial score (nSPS) is 12.0. The number of benzene rings is 2. The predicted octanol–water partition coefficient (Wildman–Crippen LogP) is 3.95. The van der Waals surface area contributed by atoms with E-state index < -0.39 is 0 Å². The smallest absolute Gasteiger partial charge is 0.127 e. The fourth-order valence-corrected chi connectivity index (χ4v) is 2.70. The summed E-state index contributed by atoms with van der Waals surface area (Å²) in [4.78, 5) is 13.5. The lowest BCUT2D eigenvalue weighted by molar-refractivity contribution is -0.109. The quantitative estimate of drug-likeness (QED) is 0.546. The molecule has 0 fully saturated rings. The van der Waals surface area contributed by atoms with Crippen LogP contribution in [-0.4, -0.2) is 27.0 Å². The second kappa shape index (κ2) is 8.49. The van der Waals surface area contributed by atoms with Crippen LogP contribution in [0.4, 0.5) is 5.69 Å². The molecule has 0 amide bonds. The minimum Gasteiger partial charge on any atom is -0.377 e. The number of carbonyl (C=O) groups excluding carboxylic acids is 1. The van der Waals surface area contributed by atoms with Crippen molar-refractivity contribution in [3.8, 4) is 0 Å². The lowest BCUT2D eigenvalue weighted by Gasteiger charge is -2.18. The molecule has 0 N–H and O–H groups in total. The van der Waals surface area contributed by atoms with E-state index in [2.05, 4.69) is 24.0 Å². The van der Waals surface area contributed by atoms with Crippen molar-refractivity contribution in [1.29, 1.82) is 0 Å². The maximum absolute atomic E-state index is 11.4. The van der Waals surface area contributed by atoms with Crippen LogP contribution in [0, 0.1) is 6.92 Å².